The first-order valence-electron chi connectivity index (χ1n) is 5.30. The molecule has 1 rings (SSSR count). The molecule has 0 radical (unpaired) electrons. The van der Waals surface area contributed by atoms with Crippen molar-refractivity contribution >= 4 is 17.6 Å². The van der Waals surface area contributed by atoms with Gasteiger partial charge in [-0.05, 0) is 31.5 Å². The number of benzene rings is 1. The second-order valence-electron chi connectivity index (χ2n) is 3.80. The van der Waals surface area contributed by atoms with Gasteiger partial charge in [0, 0.05) is 5.69 Å². The van der Waals surface area contributed by atoms with E-state index in [-0.39, 0.29) is 0 Å². The Morgan fingerprint density at radius 1 is 1.50 bits per heavy atom. The lowest BCUT2D eigenvalue weighted by molar-refractivity contribution is -0.150. The molecule has 1 amide bonds. The van der Waals surface area contributed by atoms with Crippen LogP contribution in [0.5, 0.6) is 0 Å². The van der Waals surface area contributed by atoms with Crippen LogP contribution in [-0.4, -0.2) is 29.7 Å². The zero-order valence-corrected chi connectivity index (χ0v) is 10.1. The molecule has 1 atom stereocenters. The average Bonchev–Trinajstić information content (AvgIpc) is 2.30. The van der Waals surface area contributed by atoms with Gasteiger partial charge in [0.1, 0.15) is 12.4 Å². The van der Waals surface area contributed by atoms with Gasteiger partial charge in [0.15, 0.2) is 6.10 Å². The molecule has 0 saturated carbocycles. The largest absolute Gasteiger partial charge is 0.479 e. The summed E-state index contributed by atoms with van der Waals surface area (Å²) in [6.07, 6.45) is -1.07. The first kappa shape index (κ1) is 14.1. The average molecular weight is 255 g/mol. The minimum Gasteiger partial charge on any atom is -0.479 e. The van der Waals surface area contributed by atoms with Gasteiger partial charge in [0.05, 0.1) is 0 Å². The molecule has 5 nitrogen and oxygen atoms in total. The molecule has 0 heterocycles. The molecule has 18 heavy (non-hydrogen) atoms. The molecular weight excluding hydrogens is 241 g/mol. The van der Waals surface area contributed by atoms with E-state index in [0.29, 0.717) is 11.3 Å². The highest BCUT2D eigenvalue weighted by atomic mass is 19.1. The van der Waals surface area contributed by atoms with Crippen molar-refractivity contribution in [2.24, 2.45) is 0 Å². The molecule has 98 valence electrons. The molecule has 0 aromatic heterocycles. The Hall–Kier alpha value is -1.95. The predicted molar refractivity (Wildman–Crippen MR) is 62.8 cm³/mol. The van der Waals surface area contributed by atoms with E-state index in [0.717, 1.165) is 0 Å². The zero-order valence-electron chi connectivity index (χ0n) is 10.1. The molecule has 0 aliphatic rings. The fraction of sp³-hybridized carbons (Fsp3) is 0.333. The smallest absolute Gasteiger partial charge is 0.332 e. The van der Waals surface area contributed by atoms with Crippen LogP contribution >= 0.6 is 0 Å². The van der Waals surface area contributed by atoms with Crippen LogP contribution in [0, 0.1) is 12.7 Å². The molecule has 1 aromatic rings. The van der Waals surface area contributed by atoms with E-state index in [9.17, 15) is 14.0 Å². The maximum Gasteiger partial charge on any atom is 0.332 e. The van der Waals surface area contributed by atoms with E-state index in [1.165, 1.54) is 25.1 Å². The number of ether oxygens (including phenoxy) is 1. The van der Waals surface area contributed by atoms with Crippen molar-refractivity contribution in [3.05, 3.63) is 29.6 Å². The number of carbonyl (C=O) groups is 2. The van der Waals surface area contributed by atoms with Crippen molar-refractivity contribution in [3.8, 4) is 0 Å². The molecule has 0 saturated heterocycles. The highest BCUT2D eigenvalue weighted by molar-refractivity contribution is 5.92. The van der Waals surface area contributed by atoms with Gasteiger partial charge in [-0.25, -0.2) is 9.18 Å². The van der Waals surface area contributed by atoms with E-state index in [1.807, 2.05) is 0 Å². The highest BCUT2D eigenvalue weighted by Gasteiger charge is 2.13. The Bertz CT molecular complexity index is 461. The van der Waals surface area contributed by atoms with Crippen LogP contribution in [0.25, 0.3) is 0 Å². The number of carboxylic acid groups (broad SMARTS) is 1. The fourth-order valence-electron chi connectivity index (χ4n) is 1.19. The molecule has 0 fully saturated rings. The molecule has 1 unspecified atom stereocenters. The van der Waals surface area contributed by atoms with Gasteiger partial charge in [0.2, 0.25) is 5.91 Å². The lowest BCUT2D eigenvalue weighted by Gasteiger charge is -2.10. The summed E-state index contributed by atoms with van der Waals surface area (Å²) in [6, 6.07) is 4.01. The van der Waals surface area contributed by atoms with Crippen molar-refractivity contribution in [2.45, 2.75) is 20.0 Å². The maximum absolute atomic E-state index is 13.0. The zero-order chi connectivity index (χ0) is 13.7. The van der Waals surface area contributed by atoms with E-state index in [2.05, 4.69) is 5.32 Å². The normalized spacial score (nSPS) is 11.9. The van der Waals surface area contributed by atoms with E-state index in [1.54, 1.807) is 6.92 Å². The van der Waals surface area contributed by atoms with Crippen LogP contribution in [0.4, 0.5) is 10.1 Å². The number of halogens is 1. The van der Waals surface area contributed by atoms with Gasteiger partial charge in [0.25, 0.3) is 0 Å². The summed E-state index contributed by atoms with van der Waals surface area (Å²) in [5.74, 6) is -2.14. The fourth-order valence-corrected chi connectivity index (χ4v) is 1.19. The van der Waals surface area contributed by atoms with Crippen LogP contribution in [0.1, 0.15) is 12.5 Å². The molecule has 0 bridgehead atoms. The standard InChI is InChI=1S/C12H14FNO4/c1-7-3-4-9(13)5-10(7)14-11(15)6-18-8(2)12(16)17/h3-5,8H,6H2,1-2H3,(H,14,15)(H,16,17). The van der Waals surface area contributed by atoms with Crippen molar-refractivity contribution < 1.29 is 23.8 Å². The van der Waals surface area contributed by atoms with Crippen molar-refractivity contribution in [2.75, 3.05) is 11.9 Å². The van der Waals surface area contributed by atoms with E-state index in [4.69, 9.17) is 9.84 Å². The maximum atomic E-state index is 13.0. The van der Waals surface area contributed by atoms with Crippen molar-refractivity contribution in [3.63, 3.8) is 0 Å². The third-order valence-electron chi connectivity index (χ3n) is 2.29. The highest BCUT2D eigenvalue weighted by Crippen LogP contribution is 2.15. The second-order valence-corrected chi connectivity index (χ2v) is 3.80. The third-order valence-corrected chi connectivity index (χ3v) is 2.29. The van der Waals surface area contributed by atoms with E-state index >= 15 is 0 Å². The van der Waals surface area contributed by atoms with E-state index < -0.39 is 30.4 Å². The van der Waals surface area contributed by atoms with Crippen LogP contribution in [0.15, 0.2) is 18.2 Å². The quantitative estimate of drug-likeness (QED) is 0.837. The SMILES string of the molecule is Cc1ccc(F)cc1NC(=O)COC(C)C(=O)O. The molecule has 6 heteroatoms. The summed E-state index contributed by atoms with van der Waals surface area (Å²) in [6.45, 7) is 2.64. The summed E-state index contributed by atoms with van der Waals surface area (Å²) in [5, 5.41) is 11.0. The number of amides is 1. The number of rotatable bonds is 5. The summed E-state index contributed by atoms with van der Waals surface area (Å²) in [7, 11) is 0. The Morgan fingerprint density at radius 2 is 2.17 bits per heavy atom. The van der Waals surface area contributed by atoms with Gasteiger partial charge < -0.3 is 15.2 Å². The monoisotopic (exact) mass is 255 g/mol. The van der Waals surface area contributed by atoms with Crippen molar-refractivity contribution in [1.29, 1.82) is 0 Å². The molecule has 1 aromatic carbocycles. The Kier molecular flexibility index (Phi) is 4.79. The number of nitrogens with one attached hydrogen (secondary N) is 1. The Labute approximate surface area is 104 Å². The van der Waals surface area contributed by atoms with Crippen LogP contribution in [0.3, 0.4) is 0 Å². The topological polar surface area (TPSA) is 75.6 Å². The van der Waals surface area contributed by atoms with Crippen LogP contribution in [0.2, 0.25) is 0 Å². The van der Waals surface area contributed by atoms with Gasteiger partial charge in [-0.1, -0.05) is 6.07 Å². The second kappa shape index (κ2) is 6.11. The van der Waals surface area contributed by atoms with Gasteiger partial charge in [-0.2, -0.15) is 0 Å². The number of carboxylic acids is 1. The lowest BCUT2D eigenvalue weighted by atomic mass is 10.2. The molecule has 0 spiro atoms. The van der Waals surface area contributed by atoms with Gasteiger partial charge >= 0.3 is 5.97 Å². The van der Waals surface area contributed by atoms with Crippen LogP contribution < -0.4 is 5.32 Å². The molecule has 2 N–H and O–H groups in total. The van der Waals surface area contributed by atoms with Gasteiger partial charge in [-0.15, -0.1) is 0 Å². The predicted octanol–water partition coefficient (Wildman–Crippen LogP) is 1.56. The third kappa shape index (κ3) is 4.14. The number of carbonyl (C=O) groups excluding carboxylic acids is 1. The first-order chi connectivity index (χ1) is 8.40. The van der Waals surface area contributed by atoms with Crippen LogP contribution in [-0.2, 0) is 14.3 Å². The minimum atomic E-state index is -1.15. The number of anilines is 1. The lowest BCUT2D eigenvalue weighted by Crippen LogP contribution is -2.26. The summed E-state index contributed by atoms with van der Waals surface area (Å²) in [4.78, 5) is 21.9. The summed E-state index contributed by atoms with van der Waals surface area (Å²) < 4.78 is 17.8. The first-order valence-corrected chi connectivity index (χ1v) is 5.30. The Balaban J connectivity index is 2.54. The molecular formula is C12H14FNO4. The number of aryl methyl sites for hydroxylation is 1. The number of aliphatic carboxylic acids is 1. The molecule has 0 aliphatic carbocycles. The minimum absolute atomic E-state index is 0.339. The number of hydrogen-bond acceptors (Lipinski definition) is 3. The Morgan fingerprint density at radius 3 is 2.78 bits per heavy atom. The number of hydrogen-bond donors (Lipinski definition) is 2. The summed E-state index contributed by atoms with van der Waals surface area (Å²) >= 11 is 0. The van der Waals surface area contributed by atoms with Gasteiger partial charge in [-0.3, -0.25) is 4.79 Å². The molecule has 0 aliphatic heterocycles. The summed E-state index contributed by atoms with van der Waals surface area (Å²) in [5.41, 5.74) is 1.04. The van der Waals surface area contributed by atoms with Crippen molar-refractivity contribution in [1.82, 2.24) is 0 Å².